The quantitative estimate of drug-likeness (QED) is 0.764. The van der Waals surface area contributed by atoms with Crippen LogP contribution in [0.25, 0.3) is 0 Å². The van der Waals surface area contributed by atoms with Crippen LogP contribution >= 0.6 is 11.8 Å². The van der Waals surface area contributed by atoms with Crippen LogP contribution in [0.1, 0.15) is 44.6 Å². The van der Waals surface area contributed by atoms with Crippen LogP contribution in [0.4, 0.5) is 0 Å². The van der Waals surface area contributed by atoms with E-state index in [2.05, 4.69) is 18.7 Å². The lowest BCUT2D eigenvalue weighted by Crippen LogP contribution is -2.15. The number of ether oxygens (including phenoxy) is 1. The van der Waals surface area contributed by atoms with Crippen molar-refractivity contribution < 1.29 is 4.74 Å². The third kappa shape index (κ3) is 5.02. The summed E-state index contributed by atoms with van der Waals surface area (Å²) in [4.78, 5) is 0. The van der Waals surface area contributed by atoms with Gasteiger partial charge in [-0.25, -0.2) is 0 Å². The Labute approximate surface area is 127 Å². The average Bonchev–Trinajstić information content (AvgIpc) is 2.47. The minimum atomic E-state index is 0.547. The average molecular weight is 293 g/mol. The maximum atomic E-state index is 5.85. The Bertz CT molecular complexity index is 396. The Morgan fingerprint density at radius 1 is 1.30 bits per heavy atom. The van der Waals surface area contributed by atoms with Gasteiger partial charge in [0.25, 0.3) is 0 Å². The molecule has 1 saturated carbocycles. The standard InChI is InChI=1S/C17H27NOS/c1-14-6-4-8-16(12-14)20-11-5-10-19-17-9-3-2-7-15(17)13-18/h2-3,7,9,14,16H,4-6,8,10-13,18H2,1H3. The van der Waals surface area contributed by atoms with E-state index in [9.17, 15) is 0 Å². The van der Waals surface area contributed by atoms with Gasteiger partial charge < -0.3 is 10.5 Å². The minimum absolute atomic E-state index is 0.547. The summed E-state index contributed by atoms with van der Waals surface area (Å²) >= 11 is 2.14. The molecule has 0 saturated heterocycles. The molecule has 0 amide bonds. The zero-order valence-corrected chi connectivity index (χ0v) is 13.3. The first-order chi connectivity index (χ1) is 9.79. The van der Waals surface area contributed by atoms with Crippen molar-refractivity contribution in [3.63, 3.8) is 0 Å². The molecule has 3 heteroatoms. The van der Waals surface area contributed by atoms with Crippen LogP contribution in [-0.2, 0) is 6.54 Å². The molecule has 1 fully saturated rings. The Hall–Kier alpha value is -0.670. The van der Waals surface area contributed by atoms with Gasteiger partial charge in [0, 0.05) is 17.4 Å². The summed E-state index contributed by atoms with van der Waals surface area (Å²) < 4.78 is 5.85. The lowest BCUT2D eigenvalue weighted by Gasteiger charge is -2.26. The molecule has 0 bridgehead atoms. The van der Waals surface area contributed by atoms with Gasteiger partial charge in [-0.1, -0.05) is 38.0 Å². The first-order valence-electron chi connectivity index (χ1n) is 7.82. The molecule has 0 spiro atoms. The predicted molar refractivity (Wildman–Crippen MR) is 88.3 cm³/mol. The highest BCUT2D eigenvalue weighted by molar-refractivity contribution is 7.99. The maximum Gasteiger partial charge on any atom is 0.123 e. The molecule has 0 radical (unpaired) electrons. The number of hydrogen-bond donors (Lipinski definition) is 1. The summed E-state index contributed by atoms with van der Waals surface area (Å²) in [5.41, 5.74) is 6.81. The smallest absolute Gasteiger partial charge is 0.123 e. The Balaban J connectivity index is 1.61. The highest BCUT2D eigenvalue weighted by Crippen LogP contribution is 2.32. The second-order valence-electron chi connectivity index (χ2n) is 5.78. The molecule has 2 atom stereocenters. The summed E-state index contributed by atoms with van der Waals surface area (Å²) in [5.74, 6) is 3.09. The molecule has 1 aliphatic rings. The van der Waals surface area contributed by atoms with E-state index < -0.39 is 0 Å². The minimum Gasteiger partial charge on any atom is -0.493 e. The SMILES string of the molecule is CC1CCCC(SCCCOc2ccccc2CN)C1. The van der Waals surface area contributed by atoms with E-state index in [1.165, 1.54) is 31.4 Å². The Morgan fingerprint density at radius 3 is 2.95 bits per heavy atom. The molecule has 0 heterocycles. The molecule has 112 valence electrons. The van der Waals surface area contributed by atoms with E-state index in [-0.39, 0.29) is 0 Å². The van der Waals surface area contributed by atoms with Gasteiger partial charge >= 0.3 is 0 Å². The number of para-hydroxylation sites is 1. The molecule has 1 aromatic carbocycles. The van der Waals surface area contributed by atoms with Crippen molar-refractivity contribution in [2.75, 3.05) is 12.4 Å². The van der Waals surface area contributed by atoms with E-state index in [4.69, 9.17) is 10.5 Å². The second kappa shape index (κ2) is 8.58. The van der Waals surface area contributed by atoms with Gasteiger partial charge in [-0.05, 0) is 37.0 Å². The summed E-state index contributed by atoms with van der Waals surface area (Å²) in [6.07, 6.45) is 6.77. The molecular weight excluding hydrogens is 266 g/mol. The molecule has 20 heavy (non-hydrogen) atoms. The number of hydrogen-bond acceptors (Lipinski definition) is 3. The van der Waals surface area contributed by atoms with Crippen molar-refractivity contribution in [2.24, 2.45) is 11.7 Å². The fraction of sp³-hybridized carbons (Fsp3) is 0.647. The van der Waals surface area contributed by atoms with Crippen LogP contribution < -0.4 is 10.5 Å². The molecule has 0 aliphatic heterocycles. The Morgan fingerprint density at radius 2 is 2.15 bits per heavy atom. The second-order valence-corrected chi connectivity index (χ2v) is 7.19. The lowest BCUT2D eigenvalue weighted by atomic mass is 9.91. The molecule has 1 aliphatic carbocycles. The first kappa shape index (κ1) is 15.7. The zero-order chi connectivity index (χ0) is 14.2. The van der Waals surface area contributed by atoms with Gasteiger partial charge in [0.05, 0.1) is 6.61 Å². The topological polar surface area (TPSA) is 35.2 Å². The lowest BCUT2D eigenvalue weighted by molar-refractivity contribution is 0.315. The van der Waals surface area contributed by atoms with Crippen LogP contribution in [0.2, 0.25) is 0 Å². The van der Waals surface area contributed by atoms with Crippen molar-refractivity contribution in [1.29, 1.82) is 0 Å². The fourth-order valence-corrected chi connectivity index (χ4v) is 4.25. The van der Waals surface area contributed by atoms with E-state index in [0.717, 1.165) is 35.5 Å². The molecule has 2 unspecified atom stereocenters. The van der Waals surface area contributed by atoms with Crippen molar-refractivity contribution in [1.82, 2.24) is 0 Å². The van der Waals surface area contributed by atoms with Crippen molar-refractivity contribution in [3.05, 3.63) is 29.8 Å². The number of thioether (sulfide) groups is 1. The number of rotatable bonds is 7. The van der Waals surface area contributed by atoms with Crippen molar-refractivity contribution >= 4 is 11.8 Å². The van der Waals surface area contributed by atoms with Crippen LogP contribution in [-0.4, -0.2) is 17.6 Å². The monoisotopic (exact) mass is 293 g/mol. The van der Waals surface area contributed by atoms with Gasteiger partial charge in [-0.15, -0.1) is 0 Å². The highest BCUT2D eigenvalue weighted by atomic mass is 32.2. The molecule has 2 N–H and O–H groups in total. The molecule has 0 aromatic heterocycles. The largest absolute Gasteiger partial charge is 0.493 e. The zero-order valence-electron chi connectivity index (χ0n) is 12.5. The van der Waals surface area contributed by atoms with Crippen LogP contribution in [0, 0.1) is 5.92 Å². The van der Waals surface area contributed by atoms with Gasteiger partial charge in [0.1, 0.15) is 5.75 Å². The van der Waals surface area contributed by atoms with E-state index >= 15 is 0 Å². The van der Waals surface area contributed by atoms with Gasteiger partial charge in [0.2, 0.25) is 0 Å². The van der Waals surface area contributed by atoms with Gasteiger partial charge in [-0.2, -0.15) is 11.8 Å². The molecular formula is C17H27NOS. The summed E-state index contributed by atoms with van der Waals surface area (Å²) in [6, 6.07) is 8.06. The highest BCUT2D eigenvalue weighted by Gasteiger charge is 2.18. The molecule has 2 nitrogen and oxygen atoms in total. The third-order valence-electron chi connectivity index (χ3n) is 3.98. The molecule has 1 aromatic rings. The van der Waals surface area contributed by atoms with Gasteiger partial charge in [-0.3, -0.25) is 0 Å². The fourth-order valence-electron chi connectivity index (χ4n) is 2.83. The van der Waals surface area contributed by atoms with Gasteiger partial charge in [0.15, 0.2) is 0 Å². The van der Waals surface area contributed by atoms with Crippen LogP contribution in [0.5, 0.6) is 5.75 Å². The summed E-state index contributed by atoms with van der Waals surface area (Å²) in [5, 5.41) is 0.884. The predicted octanol–water partition coefficient (Wildman–Crippen LogP) is 4.23. The van der Waals surface area contributed by atoms with Crippen molar-refractivity contribution in [3.8, 4) is 5.75 Å². The van der Waals surface area contributed by atoms with Crippen LogP contribution in [0.3, 0.4) is 0 Å². The first-order valence-corrected chi connectivity index (χ1v) is 8.87. The Kier molecular flexibility index (Phi) is 6.74. The van der Waals surface area contributed by atoms with E-state index in [1.807, 2.05) is 24.3 Å². The van der Waals surface area contributed by atoms with E-state index in [1.54, 1.807) is 0 Å². The summed E-state index contributed by atoms with van der Waals surface area (Å²) in [7, 11) is 0. The third-order valence-corrected chi connectivity index (χ3v) is 5.40. The number of nitrogens with two attached hydrogens (primary N) is 1. The molecule has 2 rings (SSSR count). The van der Waals surface area contributed by atoms with E-state index in [0.29, 0.717) is 6.54 Å². The number of benzene rings is 1. The normalized spacial score (nSPS) is 22.7. The van der Waals surface area contributed by atoms with Crippen LogP contribution in [0.15, 0.2) is 24.3 Å². The summed E-state index contributed by atoms with van der Waals surface area (Å²) in [6.45, 7) is 3.73. The maximum absolute atomic E-state index is 5.85. The van der Waals surface area contributed by atoms with Crippen molar-refractivity contribution in [2.45, 2.75) is 50.8 Å².